The van der Waals surface area contributed by atoms with Gasteiger partial charge in [0.2, 0.25) is 0 Å². The van der Waals surface area contributed by atoms with E-state index in [0.29, 0.717) is 12.1 Å². The van der Waals surface area contributed by atoms with Crippen LogP contribution in [0.4, 0.5) is 0 Å². The van der Waals surface area contributed by atoms with Gasteiger partial charge in [-0.15, -0.1) is 31.2 Å². The molecule has 0 aromatic heterocycles. The molecule has 2 aliphatic rings. The zero-order chi connectivity index (χ0) is 8.23. The number of hydrogen-bond donors (Lipinski definition) is 2. The molecule has 0 amide bonds. The molecule has 5 heteroatoms. The van der Waals surface area contributed by atoms with Gasteiger partial charge in [-0.05, 0) is 0 Å². The van der Waals surface area contributed by atoms with Gasteiger partial charge in [0.25, 0.3) is 0 Å². The fraction of sp³-hybridized carbons (Fsp3) is 0.800. The van der Waals surface area contributed by atoms with Crippen LogP contribution in [0.3, 0.4) is 0 Å². The molecule has 15 heavy (non-hydrogen) atoms. The topological polar surface area (TPSA) is 98.2 Å². The summed E-state index contributed by atoms with van der Waals surface area (Å²) in [7, 11) is 0. The fourth-order valence-electron chi connectivity index (χ4n) is 1.94. The van der Waals surface area contributed by atoms with Crippen molar-refractivity contribution in [3.8, 4) is 0 Å². The van der Waals surface area contributed by atoms with Crippen LogP contribution >= 0.6 is 0 Å². The van der Waals surface area contributed by atoms with Crippen molar-refractivity contribution in [1.29, 1.82) is 0 Å². The van der Waals surface area contributed by atoms with Gasteiger partial charge in [0.05, 0.1) is 0 Å². The van der Waals surface area contributed by atoms with E-state index in [1.54, 1.807) is 0 Å². The molecule has 0 aromatic rings. The molecule has 6 N–H and O–H groups in total. The first-order valence-electron chi connectivity index (χ1n) is 4.97. The van der Waals surface area contributed by atoms with Crippen LogP contribution in [0.25, 0.3) is 10.6 Å². The maximum atomic E-state index is 4.61. The van der Waals surface area contributed by atoms with Crippen molar-refractivity contribution in [1.82, 2.24) is 12.3 Å². The molecular formula is C10H22N4Pt. The van der Waals surface area contributed by atoms with Crippen LogP contribution in [0.1, 0.15) is 25.7 Å². The van der Waals surface area contributed by atoms with Crippen molar-refractivity contribution in [3.63, 3.8) is 0 Å². The first-order valence-corrected chi connectivity index (χ1v) is 4.97. The largest absolute Gasteiger partial charge is 2.00 e. The Balaban J connectivity index is 0. The van der Waals surface area contributed by atoms with E-state index in [-0.39, 0.29) is 33.4 Å². The molecule has 0 aromatic carbocycles. The molecule has 4 nitrogen and oxygen atoms in total. The van der Waals surface area contributed by atoms with Crippen LogP contribution in [-0.4, -0.2) is 25.2 Å². The molecule has 2 atom stereocenters. The number of hydrogen-bond acceptors (Lipinski definition) is 2. The summed E-state index contributed by atoms with van der Waals surface area (Å²) in [5.74, 6) is 0. The Hall–Kier alpha value is 0.268. The molecule has 2 unspecified atom stereocenters. The van der Waals surface area contributed by atoms with Gasteiger partial charge >= 0.3 is 21.1 Å². The van der Waals surface area contributed by atoms with E-state index < -0.39 is 0 Å². The summed E-state index contributed by atoms with van der Waals surface area (Å²) in [4.78, 5) is 0. The van der Waals surface area contributed by atoms with Gasteiger partial charge in [0, 0.05) is 0 Å². The van der Waals surface area contributed by atoms with Gasteiger partial charge < -0.3 is 22.9 Å². The minimum atomic E-state index is 0. The average molecular weight is 393 g/mol. The first-order chi connectivity index (χ1) is 5.97. The molecule has 1 saturated heterocycles. The van der Waals surface area contributed by atoms with Crippen molar-refractivity contribution >= 4 is 0 Å². The predicted octanol–water partition coefficient (Wildman–Crippen LogP) is 2.94. The van der Waals surface area contributed by atoms with Crippen molar-refractivity contribution in [3.05, 3.63) is 22.8 Å². The van der Waals surface area contributed by atoms with Crippen molar-refractivity contribution in [2.75, 3.05) is 13.1 Å². The molecule has 0 aliphatic carbocycles. The Morgan fingerprint density at radius 3 is 2.33 bits per heavy atom. The van der Waals surface area contributed by atoms with E-state index in [1.807, 2.05) is 0 Å². The standard InChI is InChI=1S/C10H16N2.2H3N.Pt/c1-3-7-11-9(5-1)10-6-2-4-8-12-10;;;/h1,5,9-10H,2-4,6-8H2;2*1H3;/q-2;;;+2. The molecule has 0 saturated carbocycles. The van der Waals surface area contributed by atoms with Crippen molar-refractivity contribution in [2.24, 2.45) is 0 Å². The predicted molar refractivity (Wildman–Crippen MR) is 61.7 cm³/mol. The summed E-state index contributed by atoms with van der Waals surface area (Å²) in [5, 5.41) is 9.18. The molecule has 2 rings (SSSR count). The van der Waals surface area contributed by atoms with Crippen molar-refractivity contribution < 1.29 is 21.1 Å². The Morgan fingerprint density at radius 2 is 1.80 bits per heavy atom. The van der Waals surface area contributed by atoms with Gasteiger partial charge in [0.15, 0.2) is 0 Å². The molecule has 0 radical (unpaired) electrons. The second-order valence-corrected chi connectivity index (χ2v) is 3.58. The van der Waals surface area contributed by atoms with E-state index in [9.17, 15) is 0 Å². The Bertz CT molecular complexity index is 169. The summed E-state index contributed by atoms with van der Waals surface area (Å²) >= 11 is 0. The molecule has 2 heterocycles. The normalized spacial score (nSPS) is 29.3. The zero-order valence-corrected chi connectivity index (χ0v) is 11.4. The van der Waals surface area contributed by atoms with Crippen LogP contribution in [0, 0.1) is 0 Å². The van der Waals surface area contributed by atoms with Crippen LogP contribution in [0.2, 0.25) is 0 Å². The third kappa shape index (κ3) is 5.23. The second kappa shape index (κ2) is 9.49. The van der Waals surface area contributed by atoms with Crippen LogP contribution in [-0.2, 0) is 21.1 Å². The summed E-state index contributed by atoms with van der Waals surface area (Å²) in [6.07, 6.45) is 9.49. The number of nitrogens with zero attached hydrogens (tertiary/aromatic N) is 2. The minimum absolute atomic E-state index is 0. The molecule has 92 valence electrons. The summed E-state index contributed by atoms with van der Waals surface area (Å²) < 4.78 is 0. The third-order valence-corrected chi connectivity index (χ3v) is 2.63. The molecule has 2 aliphatic heterocycles. The quantitative estimate of drug-likeness (QED) is 0.670. The van der Waals surface area contributed by atoms with Gasteiger partial charge in [-0.1, -0.05) is 31.8 Å². The van der Waals surface area contributed by atoms with E-state index >= 15 is 0 Å². The van der Waals surface area contributed by atoms with Gasteiger partial charge in [0.1, 0.15) is 0 Å². The van der Waals surface area contributed by atoms with Crippen LogP contribution < -0.4 is 12.3 Å². The van der Waals surface area contributed by atoms with Crippen molar-refractivity contribution in [2.45, 2.75) is 37.8 Å². The average Bonchev–Trinajstić information content (AvgIpc) is 2.21. The summed E-state index contributed by atoms with van der Waals surface area (Å²) in [6.45, 7) is 2.07. The van der Waals surface area contributed by atoms with E-state index in [4.69, 9.17) is 0 Å². The zero-order valence-electron chi connectivity index (χ0n) is 9.18. The smallest absolute Gasteiger partial charge is 0.660 e. The monoisotopic (exact) mass is 393 g/mol. The van der Waals surface area contributed by atoms with E-state index in [0.717, 1.165) is 19.5 Å². The Kier molecular flexibility index (Phi) is 11.2. The molecular weight excluding hydrogens is 371 g/mol. The fourth-order valence-corrected chi connectivity index (χ4v) is 1.94. The Morgan fingerprint density at radius 1 is 1.00 bits per heavy atom. The molecule has 0 spiro atoms. The summed E-state index contributed by atoms with van der Waals surface area (Å²) in [6, 6.07) is 0.925. The Labute approximate surface area is 107 Å². The first kappa shape index (κ1) is 17.7. The second-order valence-electron chi connectivity index (χ2n) is 3.58. The number of piperidine rings is 1. The van der Waals surface area contributed by atoms with E-state index in [1.165, 1.54) is 19.3 Å². The number of rotatable bonds is 1. The minimum Gasteiger partial charge on any atom is -0.660 e. The maximum Gasteiger partial charge on any atom is 2.00 e. The SMILES string of the molecule is C1=CC(C2CCCC[N-]2)[N-]CC1.N.N.[Pt+2]. The van der Waals surface area contributed by atoms with Crippen LogP contribution in [0.5, 0.6) is 0 Å². The van der Waals surface area contributed by atoms with Gasteiger partial charge in [-0.25, -0.2) is 0 Å². The third-order valence-electron chi connectivity index (χ3n) is 2.63. The van der Waals surface area contributed by atoms with Gasteiger partial charge in [-0.3, -0.25) is 0 Å². The van der Waals surface area contributed by atoms with E-state index in [2.05, 4.69) is 22.8 Å². The molecule has 1 fully saturated rings. The molecule has 0 bridgehead atoms. The van der Waals surface area contributed by atoms with Crippen LogP contribution in [0.15, 0.2) is 12.2 Å². The summed E-state index contributed by atoms with van der Waals surface area (Å²) in [5.41, 5.74) is 0. The maximum absolute atomic E-state index is 4.61. The van der Waals surface area contributed by atoms with Gasteiger partial charge in [-0.2, -0.15) is 0 Å².